The van der Waals surface area contributed by atoms with Crippen molar-refractivity contribution in [3.63, 3.8) is 0 Å². The minimum atomic E-state index is -0.254. The van der Waals surface area contributed by atoms with Gasteiger partial charge >= 0.3 is 0 Å². The van der Waals surface area contributed by atoms with Crippen LogP contribution in [0.3, 0.4) is 0 Å². The van der Waals surface area contributed by atoms with Crippen LogP contribution in [0.1, 0.15) is 22.8 Å². The quantitative estimate of drug-likeness (QED) is 0.511. The Morgan fingerprint density at radius 3 is 2.26 bits per heavy atom. The molecule has 0 fully saturated rings. The fraction of sp³-hybridized carbons (Fsp3) is 0.120. The van der Waals surface area contributed by atoms with Crippen LogP contribution in [0, 0.1) is 0 Å². The molecule has 0 aromatic heterocycles. The van der Waals surface area contributed by atoms with Crippen LogP contribution in [0.5, 0.6) is 17.2 Å². The van der Waals surface area contributed by atoms with Gasteiger partial charge in [-0.2, -0.15) is 0 Å². The fourth-order valence-electron chi connectivity index (χ4n) is 2.80. The van der Waals surface area contributed by atoms with Crippen molar-refractivity contribution in [3.8, 4) is 17.2 Å². The number of amides is 2. The summed E-state index contributed by atoms with van der Waals surface area (Å²) in [6, 6.07) is 21.5. The Morgan fingerprint density at radius 1 is 0.903 bits per heavy atom. The minimum Gasteiger partial charge on any atom is -0.497 e. The van der Waals surface area contributed by atoms with Crippen molar-refractivity contribution in [1.82, 2.24) is 5.32 Å². The number of anilines is 1. The molecule has 0 unspecified atom stereocenters. The second-order valence-electron chi connectivity index (χ2n) is 6.64. The van der Waals surface area contributed by atoms with Crippen molar-refractivity contribution in [2.24, 2.45) is 0 Å². The van der Waals surface area contributed by atoms with Crippen LogP contribution in [0.15, 0.2) is 84.9 Å². The molecule has 0 aliphatic rings. The van der Waals surface area contributed by atoms with E-state index in [0.29, 0.717) is 29.3 Å². The first-order valence-corrected chi connectivity index (χ1v) is 9.81. The lowest BCUT2D eigenvalue weighted by molar-refractivity contribution is -0.116. The molecule has 2 N–H and O–H groups in total. The summed E-state index contributed by atoms with van der Waals surface area (Å²) < 4.78 is 11.1. The Hall–Kier alpha value is -4.06. The van der Waals surface area contributed by atoms with Gasteiger partial charge in [-0.25, -0.2) is 0 Å². The third kappa shape index (κ3) is 6.21. The maximum atomic E-state index is 12.7. The summed E-state index contributed by atoms with van der Waals surface area (Å²) >= 11 is 0. The van der Waals surface area contributed by atoms with Crippen LogP contribution >= 0.6 is 0 Å². The third-order valence-electron chi connectivity index (χ3n) is 4.42. The molecule has 31 heavy (non-hydrogen) atoms. The first-order valence-electron chi connectivity index (χ1n) is 9.81. The molecular weight excluding hydrogens is 392 g/mol. The van der Waals surface area contributed by atoms with E-state index in [4.69, 9.17) is 9.47 Å². The molecule has 0 radical (unpaired) electrons. The maximum absolute atomic E-state index is 12.7. The van der Waals surface area contributed by atoms with E-state index >= 15 is 0 Å². The highest BCUT2D eigenvalue weighted by Gasteiger charge is 2.11. The molecule has 0 bridgehead atoms. The second kappa shape index (κ2) is 10.6. The zero-order valence-electron chi connectivity index (χ0n) is 17.4. The monoisotopic (exact) mass is 416 g/mol. The molecule has 6 nitrogen and oxygen atoms in total. The van der Waals surface area contributed by atoms with Crippen LogP contribution in [-0.4, -0.2) is 18.9 Å². The normalized spacial score (nSPS) is 10.5. The SMILES string of the molecule is C/C=C/C(=O)NCc1ccc(C(=O)Nc2ccccc2Oc2ccc(OC)cc2)cc1. The van der Waals surface area contributed by atoms with E-state index in [9.17, 15) is 9.59 Å². The number of nitrogens with one attached hydrogen (secondary N) is 2. The average Bonchev–Trinajstić information content (AvgIpc) is 2.80. The molecule has 0 aliphatic heterocycles. The van der Waals surface area contributed by atoms with Gasteiger partial charge in [-0.05, 0) is 67.1 Å². The predicted molar refractivity (Wildman–Crippen MR) is 121 cm³/mol. The van der Waals surface area contributed by atoms with Crippen LogP contribution in [0.4, 0.5) is 5.69 Å². The van der Waals surface area contributed by atoms with Crippen molar-refractivity contribution in [3.05, 3.63) is 96.1 Å². The van der Waals surface area contributed by atoms with Crippen molar-refractivity contribution in [2.45, 2.75) is 13.5 Å². The largest absolute Gasteiger partial charge is 0.497 e. The van der Waals surface area contributed by atoms with Gasteiger partial charge in [-0.15, -0.1) is 0 Å². The Labute approximate surface area is 181 Å². The van der Waals surface area contributed by atoms with Crippen molar-refractivity contribution >= 4 is 17.5 Å². The molecular formula is C25H24N2O4. The number of rotatable bonds is 8. The van der Waals surface area contributed by atoms with Gasteiger partial charge in [0.15, 0.2) is 5.75 Å². The fourth-order valence-corrected chi connectivity index (χ4v) is 2.80. The summed E-state index contributed by atoms with van der Waals surface area (Å²) in [5, 5.41) is 5.66. The van der Waals surface area contributed by atoms with E-state index in [1.54, 1.807) is 68.6 Å². The number of allylic oxidation sites excluding steroid dienone is 1. The second-order valence-corrected chi connectivity index (χ2v) is 6.64. The highest BCUT2D eigenvalue weighted by molar-refractivity contribution is 6.05. The number of hydrogen-bond donors (Lipinski definition) is 2. The van der Waals surface area contributed by atoms with Gasteiger partial charge in [0.1, 0.15) is 11.5 Å². The lowest BCUT2D eigenvalue weighted by atomic mass is 10.1. The molecule has 158 valence electrons. The molecule has 0 saturated heterocycles. The van der Waals surface area contributed by atoms with E-state index in [1.807, 2.05) is 24.3 Å². The van der Waals surface area contributed by atoms with E-state index in [2.05, 4.69) is 10.6 Å². The third-order valence-corrected chi connectivity index (χ3v) is 4.42. The van der Waals surface area contributed by atoms with Gasteiger partial charge in [-0.3, -0.25) is 9.59 Å². The van der Waals surface area contributed by atoms with Gasteiger partial charge < -0.3 is 20.1 Å². The zero-order chi connectivity index (χ0) is 22.1. The zero-order valence-corrected chi connectivity index (χ0v) is 17.4. The standard InChI is InChI=1S/C25H24N2O4/c1-3-6-24(28)26-17-18-9-11-19(12-10-18)25(29)27-22-7-4-5-8-23(22)31-21-15-13-20(30-2)14-16-21/h3-16H,17H2,1-2H3,(H,26,28)(H,27,29)/b6-3+. The topological polar surface area (TPSA) is 76.7 Å². The van der Waals surface area contributed by atoms with Gasteiger partial charge in [-0.1, -0.05) is 30.3 Å². The van der Waals surface area contributed by atoms with E-state index in [-0.39, 0.29) is 11.8 Å². The van der Waals surface area contributed by atoms with Crippen molar-refractivity contribution in [1.29, 1.82) is 0 Å². The first-order chi connectivity index (χ1) is 15.1. The summed E-state index contributed by atoms with van der Waals surface area (Å²) in [6.07, 6.45) is 3.15. The lowest BCUT2D eigenvalue weighted by Gasteiger charge is -2.13. The molecule has 0 aliphatic carbocycles. The number of benzene rings is 3. The van der Waals surface area contributed by atoms with Gasteiger partial charge in [0.25, 0.3) is 5.91 Å². The highest BCUT2D eigenvalue weighted by Crippen LogP contribution is 2.30. The summed E-state index contributed by atoms with van der Waals surface area (Å²) in [5.74, 6) is 1.49. The van der Waals surface area contributed by atoms with E-state index in [0.717, 1.165) is 11.3 Å². The number of hydrogen-bond acceptors (Lipinski definition) is 4. The maximum Gasteiger partial charge on any atom is 0.255 e. The molecule has 0 atom stereocenters. The Morgan fingerprint density at radius 2 is 1.58 bits per heavy atom. The number of ether oxygens (including phenoxy) is 2. The Bertz CT molecular complexity index is 1060. The smallest absolute Gasteiger partial charge is 0.255 e. The molecule has 3 aromatic carbocycles. The first kappa shape index (κ1) is 21.6. The summed E-state index contributed by atoms with van der Waals surface area (Å²) in [7, 11) is 1.60. The molecule has 2 amide bonds. The Kier molecular flexibility index (Phi) is 7.43. The number of methoxy groups -OCH3 is 1. The van der Waals surface area contributed by atoms with Gasteiger partial charge in [0, 0.05) is 12.1 Å². The number of carbonyl (C=O) groups excluding carboxylic acids is 2. The molecule has 6 heteroatoms. The average molecular weight is 416 g/mol. The van der Waals surface area contributed by atoms with Crippen LogP contribution in [0.25, 0.3) is 0 Å². The minimum absolute atomic E-state index is 0.155. The van der Waals surface area contributed by atoms with Crippen molar-refractivity contribution < 1.29 is 19.1 Å². The number of carbonyl (C=O) groups is 2. The molecule has 0 spiro atoms. The Balaban J connectivity index is 1.65. The lowest BCUT2D eigenvalue weighted by Crippen LogP contribution is -2.20. The highest BCUT2D eigenvalue weighted by atomic mass is 16.5. The number of para-hydroxylation sites is 2. The van der Waals surface area contributed by atoms with E-state index < -0.39 is 0 Å². The molecule has 3 aromatic rings. The molecule has 3 rings (SSSR count). The van der Waals surface area contributed by atoms with Gasteiger partial charge in [0.2, 0.25) is 5.91 Å². The van der Waals surface area contributed by atoms with Crippen molar-refractivity contribution in [2.75, 3.05) is 12.4 Å². The summed E-state index contributed by atoms with van der Waals surface area (Å²) in [6.45, 7) is 2.18. The molecule has 0 heterocycles. The van der Waals surface area contributed by atoms with Crippen LogP contribution in [-0.2, 0) is 11.3 Å². The van der Waals surface area contributed by atoms with E-state index in [1.165, 1.54) is 6.08 Å². The summed E-state index contributed by atoms with van der Waals surface area (Å²) in [5.41, 5.74) is 1.96. The van der Waals surface area contributed by atoms with Crippen LogP contribution < -0.4 is 20.1 Å². The van der Waals surface area contributed by atoms with Gasteiger partial charge in [0.05, 0.1) is 12.8 Å². The molecule has 0 saturated carbocycles. The van der Waals surface area contributed by atoms with Crippen LogP contribution in [0.2, 0.25) is 0 Å². The predicted octanol–water partition coefficient (Wildman–Crippen LogP) is 4.93. The summed E-state index contributed by atoms with van der Waals surface area (Å²) in [4.78, 5) is 24.2.